The van der Waals surface area contributed by atoms with E-state index in [2.05, 4.69) is 0 Å². The Balaban J connectivity index is 1.98. The van der Waals surface area contributed by atoms with Gasteiger partial charge in [0.05, 0.1) is 11.2 Å². The van der Waals surface area contributed by atoms with Crippen molar-refractivity contribution in [3.63, 3.8) is 0 Å². The Morgan fingerprint density at radius 1 is 1.23 bits per heavy atom. The average molecular weight is 358 g/mol. The highest BCUT2D eigenvalue weighted by Gasteiger charge is 2.30. The highest BCUT2D eigenvalue weighted by molar-refractivity contribution is 5.95. The van der Waals surface area contributed by atoms with Gasteiger partial charge in [-0.05, 0) is 31.4 Å². The van der Waals surface area contributed by atoms with Gasteiger partial charge in [0.1, 0.15) is 17.2 Å². The zero-order valence-electron chi connectivity index (χ0n) is 14.4. The van der Waals surface area contributed by atoms with Crippen molar-refractivity contribution in [1.29, 1.82) is 0 Å². The first kappa shape index (κ1) is 16.8. The van der Waals surface area contributed by atoms with Gasteiger partial charge in [0.15, 0.2) is 0 Å². The zero-order valence-corrected chi connectivity index (χ0v) is 14.4. The molecule has 1 saturated carbocycles. The number of aromatic carboxylic acids is 1. The highest BCUT2D eigenvalue weighted by Crippen LogP contribution is 2.40. The number of pyridine rings is 1. The molecule has 1 aromatic carbocycles. The summed E-state index contributed by atoms with van der Waals surface area (Å²) in [6.07, 6.45) is 3.95. The lowest BCUT2D eigenvalue weighted by Gasteiger charge is -2.30. The van der Waals surface area contributed by atoms with Crippen molar-refractivity contribution < 1.29 is 19.1 Å². The largest absolute Gasteiger partial charge is 0.477 e. The first-order chi connectivity index (χ1) is 12.4. The Morgan fingerprint density at radius 2 is 1.88 bits per heavy atom. The van der Waals surface area contributed by atoms with Crippen LogP contribution in [0.2, 0.25) is 0 Å². The fourth-order valence-electron chi connectivity index (χ4n) is 3.83. The number of ketones is 1. The molecule has 0 atom stereocenters. The van der Waals surface area contributed by atoms with E-state index in [1.807, 2.05) is 9.47 Å². The Bertz CT molecular complexity index is 997. The molecule has 2 aromatic rings. The lowest BCUT2D eigenvalue weighted by atomic mass is 10.0. The van der Waals surface area contributed by atoms with Crippen LogP contribution in [0.1, 0.15) is 47.6 Å². The third-order valence-corrected chi connectivity index (χ3v) is 5.29. The molecule has 6 nitrogen and oxygen atoms in total. The molecule has 0 radical (unpaired) electrons. The summed E-state index contributed by atoms with van der Waals surface area (Å²) >= 11 is 0. The Kier molecular flexibility index (Phi) is 3.82. The van der Waals surface area contributed by atoms with Crippen molar-refractivity contribution in [1.82, 2.24) is 4.57 Å². The Labute approximate surface area is 148 Å². The number of aryl methyl sites for hydroxylation is 1. The monoisotopic (exact) mass is 358 g/mol. The minimum atomic E-state index is -1.30. The molecule has 0 spiro atoms. The number of piperidine rings is 1. The number of Topliss-reactive ketones (excluding diaryl/α,β-unsaturated/α-hetero) is 1. The van der Waals surface area contributed by atoms with Gasteiger partial charge in [-0.25, -0.2) is 9.18 Å². The minimum Gasteiger partial charge on any atom is -0.477 e. The normalized spacial score (nSPS) is 17.8. The fourth-order valence-corrected chi connectivity index (χ4v) is 3.83. The van der Waals surface area contributed by atoms with E-state index in [0.717, 1.165) is 18.9 Å². The molecule has 1 aliphatic carbocycles. The zero-order chi connectivity index (χ0) is 18.6. The van der Waals surface area contributed by atoms with Gasteiger partial charge in [-0.3, -0.25) is 9.59 Å². The maximum Gasteiger partial charge on any atom is 0.341 e. The van der Waals surface area contributed by atoms with Crippen molar-refractivity contribution in [2.75, 3.05) is 18.0 Å². The first-order valence-corrected chi connectivity index (χ1v) is 8.76. The third kappa shape index (κ3) is 2.58. The second-order valence-corrected chi connectivity index (χ2v) is 7.07. The highest BCUT2D eigenvalue weighted by atomic mass is 19.1. The molecule has 2 heterocycles. The second-order valence-electron chi connectivity index (χ2n) is 7.07. The maximum atomic E-state index is 14.9. The number of aromatic nitrogens is 1. The molecule has 0 bridgehead atoms. The van der Waals surface area contributed by atoms with Crippen LogP contribution in [0.5, 0.6) is 0 Å². The molecule has 136 valence electrons. The van der Waals surface area contributed by atoms with E-state index in [4.69, 9.17) is 0 Å². The predicted molar refractivity (Wildman–Crippen MR) is 94.6 cm³/mol. The van der Waals surface area contributed by atoms with E-state index >= 15 is 0 Å². The summed E-state index contributed by atoms with van der Waals surface area (Å²) in [5.74, 6) is -1.68. The van der Waals surface area contributed by atoms with Crippen molar-refractivity contribution in [3.8, 4) is 0 Å². The average Bonchev–Trinajstić information content (AvgIpc) is 3.42. The topological polar surface area (TPSA) is 79.6 Å². The van der Waals surface area contributed by atoms with Crippen LogP contribution in [0.25, 0.3) is 10.9 Å². The molecule has 26 heavy (non-hydrogen) atoms. The summed E-state index contributed by atoms with van der Waals surface area (Å²) in [4.78, 5) is 37.4. The molecular formula is C19H19FN2O4. The van der Waals surface area contributed by atoms with E-state index in [0.29, 0.717) is 42.7 Å². The number of hydrogen-bond donors (Lipinski definition) is 1. The molecule has 2 aliphatic rings. The van der Waals surface area contributed by atoms with Crippen molar-refractivity contribution in [3.05, 3.63) is 39.4 Å². The Hall–Kier alpha value is -2.70. The predicted octanol–water partition coefficient (Wildman–Crippen LogP) is 2.65. The summed E-state index contributed by atoms with van der Waals surface area (Å²) in [5, 5.41) is 9.43. The van der Waals surface area contributed by atoms with Crippen molar-refractivity contribution >= 4 is 28.3 Å². The number of carbonyl (C=O) groups excluding carboxylic acids is 1. The van der Waals surface area contributed by atoms with E-state index < -0.39 is 17.2 Å². The van der Waals surface area contributed by atoms with Crippen LogP contribution in [0.15, 0.2) is 17.1 Å². The van der Waals surface area contributed by atoms with Crippen LogP contribution in [-0.4, -0.2) is 34.5 Å². The van der Waals surface area contributed by atoms with Gasteiger partial charge in [0.25, 0.3) is 0 Å². The maximum absolute atomic E-state index is 14.9. The van der Waals surface area contributed by atoms with Gasteiger partial charge in [0.2, 0.25) is 5.43 Å². The molecule has 1 N–H and O–H groups in total. The fraction of sp³-hybridized carbons (Fsp3) is 0.421. The van der Waals surface area contributed by atoms with E-state index in [-0.39, 0.29) is 22.8 Å². The molecular weight excluding hydrogens is 339 g/mol. The first-order valence-electron chi connectivity index (χ1n) is 8.76. The van der Waals surface area contributed by atoms with E-state index in [1.165, 1.54) is 6.20 Å². The van der Waals surface area contributed by atoms with Gasteiger partial charge in [0, 0.05) is 43.6 Å². The SMILES string of the molecule is Cc1c(N2CCC(=O)CC2)c(F)cc2c(=O)c(C(=O)O)cn(C3CC3)c12. The summed E-state index contributed by atoms with van der Waals surface area (Å²) < 4.78 is 16.7. The van der Waals surface area contributed by atoms with Crippen LogP contribution in [0.3, 0.4) is 0 Å². The van der Waals surface area contributed by atoms with Gasteiger partial charge in [-0.2, -0.15) is 0 Å². The molecule has 4 rings (SSSR count). The van der Waals surface area contributed by atoms with E-state index in [1.54, 1.807) is 6.92 Å². The number of carboxylic acid groups (broad SMARTS) is 1. The number of carbonyl (C=O) groups is 2. The number of halogens is 1. The van der Waals surface area contributed by atoms with Crippen molar-refractivity contribution in [2.45, 2.75) is 38.6 Å². The van der Waals surface area contributed by atoms with E-state index in [9.17, 15) is 23.9 Å². The summed E-state index contributed by atoms with van der Waals surface area (Å²) in [6.45, 7) is 2.65. The van der Waals surface area contributed by atoms with Gasteiger partial charge in [-0.15, -0.1) is 0 Å². The number of fused-ring (bicyclic) bond motifs is 1. The van der Waals surface area contributed by atoms with Crippen molar-refractivity contribution in [2.24, 2.45) is 0 Å². The Morgan fingerprint density at radius 3 is 2.46 bits per heavy atom. The molecule has 2 fully saturated rings. The molecule has 0 unspecified atom stereocenters. The summed E-state index contributed by atoms with van der Waals surface area (Å²) in [5.41, 5.74) is 0.624. The van der Waals surface area contributed by atoms with Crippen LogP contribution in [0, 0.1) is 12.7 Å². The number of nitrogens with zero attached hydrogens (tertiary/aromatic N) is 2. The minimum absolute atomic E-state index is 0.101. The molecule has 1 saturated heterocycles. The van der Waals surface area contributed by atoms with Crippen LogP contribution < -0.4 is 10.3 Å². The molecule has 1 aromatic heterocycles. The number of rotatable bonds is 3. The number of hydrogen-bond acceptors (Lipinski definition) is 4. The number of anilines is 1. The molecule has 1 aliphatic heterocycles. The van der Waals surface area contributed by atoms with Gasteiger partial charge < -0.3 is 14.6 Å². The third-order valence-electron chi connectivity index (χ3n) is 5.29. The van der Waals surface area contributed by atoms with Crippen LogP contribution >= 0.6 is 0 Å². The standard InChI is InChI=1S/C19H19FN2O4/c1-10-16-13(8-15(20)17(10)21-6-4-12(23)5-7-21)18(24)14(19(25)26)9-22(16)11-2-3-11/h8-9,11H,2-7H2,1H3,(H,25,26). The number of carboxylic acids is 1. The molecule has 7 heteroatoms. The number of benzene rings is 1. The lowest BCUT2D eigenvalue weighted by molar-refractivity contribution is -0.119. The van der Waals surface area contributed by atoms with Gasteiger partial charge in [-0.1, -0.05) is 0 Å². The van der Waals surface area contributed by atoms with Gasteiger partial charge >= 0.3 is 5.97 Å². The lowest BCUT2D eigenvalue weighted by Crippen LogP contribution is -2.35. The summed E-state index contributed by atoms with van der Waals surface area (Å²) in [6, 6.07) is 1.29. The van der Waals surface area contributed by atoms with Crippen LogP contribution in [-0.2, 0) is 4.79 Å². The summed E-state index contributed by atoms with van der Waals surface area (Å²) in [7, 11) is 0. The second kappa shape index (κ2) is 5.93. The quantitative estimate of drug-likeness (QED) is 0.912. The molecule has 0 amide bonds. The van der Waals surface area contributed by atoms with Crippen LogP contribution in [0.4, 0.5) is 10.1 Å². The smallest absolute Gasteiger partial charge is 0.341 e.